The van der Waals surface area contributed by atoms with Crippen LogP contribution in [0.3, 0.4) is 0 Å². The minimum Gasteiger partial charge on any atom is -0.426 e. The van der Waals surface area contributed by atoms with Crippen molar-refractivity contribution in [3.05, 3.63) is 89.5 Å². The highest BCUT2D eigenvalue weighted by molar-refractivity contribution is 7.99. The standard InChI is InChI=1S/C24H25NO4S2/c1-18-9-14-23(15-19(18)2)31(27,28)25(3)21-10-12-22(13-11-21)29-24(26)17-30-16-20-7-5-4-6-8-20/h4-15H,16-17H2,1-3H3. The second-order valence-corrected chi connectivity index (χ2v) is 10.1. The van der Waals surface area contributed by atoms with Gasteiger partial charge in [-0.05, 0) is 66.9 Å². The maximum Gasteiger partial charge on any atom is 0.321 e. The van der Waals surface area contributed by atoms with Gasteiger partial charge in [0.25, 0.3) is 10.0 Å². The summed E-state index contributed by atoms with van der Waals surface area (Å²) < 4.78 is 32.4. The van der Waals surface area contributed by atoms with Crippen LogP contribution in [0.1, 0.15) is 16.7 Å². The van der Waals surface area contributed by atoms with Crippen molar-refractivity contribution in [3.8, 4) is 5.75 Å². The second-order valence-electron chi connectivity index (χ2n) is 7.16. The fraction of sp³-hybridized carbons (Fsp3) is 0.208. The minimum absolute atomic E-state index is 0.234. The van der Waals surface area contributed by atoms with Crippen LogP contribution >= 0.6 is 11.8 Å². The molecule has 0 radical (unpaired) electrons. The van der Waals surface area contributed by atoms with Gasteiger partial charge in [-0.15, -0.1) is 11.8 Å². The molecule has 0 aliphatic heterocycles. The Morgan fingerprint density at radius 2 is 1.61 bits per heavy atom. The van der Waals surface area contributed by atoms with Gasteiger partial charge in [-0.25, -0.2) is 8.42 Å². The first kappa shape index (κ1) is 22.9. The average molecular weight is 456 g/mol. The molecule has 162 valence electrons. The lowest BCUT2D eigenvalue weighted by Gasteiger charge is -2.20. The number of carbonyl (C=O) groups is 1. The zero-order valence-electron chi connectivity index (χ0n) is 17.7. The molecule has 0 saturated carbocycles. The number of carbonyl (C=O) groups excluding carboxylic acids is 1. The Bertz CT molecular complexity index is 1140. The van der Waals surface area contributed by atoms with E-state index in [0.717, 1.165) is 22.4 Å². The lowest BCUT2D eigenvalue weighted by Crippen LogP contribution is -2.26. The highest BCUT2D eigenvalue weighted by Gasteiger charge is 2.21. The Kier molecular flexibility index (Phi) is 7.41. The maximum atomic E-state index is 12.9. The Hall–Kier alpha value is -2.77. The van der Waals surface area contributed by atoms with Crippen LogP contribution in [-0.4, -0.2) is 27.2 Å². The first-order valence-electron chi connectivity index (χ1n) is 9.76. The Morgan fingerprint density at radius 3 is 2.26 bits per heavy atom. The van der Waals surface area contributed by atoms with E-state index in [1.807, 2.05) is 44.2 Å². The SMILES string of the molecule is Cc1ccc(S(=O)(=O)N(C)c2ccc(OC(=O)CSCc3ccccc3)cc2)cc1C. The number of sulfonamides is 1. The minimum atomic E-state index is -3.68. The number of anilines is 1. The summed E-state index contributed by atoms with van der Waals surface area (Å²) in [6.07, 6.45) is 0. The van der Waals surface area contributed by atoms with E-state index in [-0.39, 0.29) is 16.6 Å². The molecule has 0 aliphatic rings. The highest BCUT2D eigenvalue weighted by atomic mass is 32.2. The number of aryl methyl sites for hydroxylation is 2. The van der Waals surface area contributed by atoms with Gasteiger partial charge < -0.3 is 4.74 Å². The van der Waals surface area contributed by atoms with Crippen molar-refractivity contribution < 1.29 is 17.9 Å². The normalized spacial score (nSPS) is 11.2. The summed E-state index contributed by atoms with van der Waals surface area (Å²) in [5.74, 6) is 1.00. The van der Waals surface area contributed by atoms with Crippen molar-refractivity contribution in [2.24, 2.45) is 0 Å². The van der Waals surface area contributed by atoms with Gasteiger partial charge >= 0.3 is 5.97 Å². The van der Waals surface area contributed by atoms with E-state index in [1.54, 1.807) is 42.5 Å². The van der Waals surface area contributed by atoms with E-state index >= 15 is 0 Å². The van der Waals surface area contributed by atoms with Crippen LogP contribution in [0.15, 0.2) is 77.7 Å². The van der Waals surface area contributed by atoms with E-state index in [9.17, 15) is 13.2 Å². The van der Waals surface area contributed by atoms with E-state index in [1.165, 1.54) is 23.1 Å². The van der Waals surface area contributed by atoms with E-state index in [0.29, 0.717) is 11.4 Å². The molecule has 7 heteroatoms. The summed E-state index contributed by atoms with van der Waals surface area (Å²) >= 11 is 1.48. The summed E-state index contributed by atoms with van der Waals surface area (Å²) in [4.78, 5) is 12.3. The zero-order chi connectivity index (χ0) is 22.4. The van der Waals surface area contributed by atoms with E-state index in [4.69, 9.17) is 4.74 Å². The third-order valence-electron chi connectivity index (χ3n) is 4.90. The number of benzene rings is 3. The quantitative estimate of drug-likeness (QED) is 0.355. The third-order valence-corrected chi connectivity index (χ3v) is 7.66. The van der Waals surface area contributed by atoms with Gasteiger partial charge in [-0.2, -0.15) is 0 Å². The van der Waals surface area contributed by atoms with Crippen LogP contribution in [0.25, 0.3) is 0 Å². The molecule has 0 bridgehead atoms. The van der Waals surface area contributed by atoms with Crippen LogP contribution in [0.4, 0.5) is 5.69 Å². The van der Waals surface area contributed by atoms with E-state index < -0.39 is 10.0 Å². The van der Waals surface area contributed by atoms with Crippen molar-refractivity contribution in [1.82, 2.24) is 0 Å². The summed E-state index contributed by atoms with van der Waals surface area (Å²) in [6, 6.07) is 21.4. The van der Waals surface area contributed by atoms with Crippen molar-refractivity contribution in [3.63, 3.8) is 0 Å². The largest absolute Gasteiger partial charge is 0.426 e. The topological polar surface area (TPSA) is 63.7 Å². The molecule has 3 aromatic rings. The molecule has 0 atom stereocenters. The number of esters is 1. The molecule has 3 aromatic carbocycles. The smallest absolute Gasteiger partial charge is 0.321 e. The molecule has 0 unspecified atom stereocenters. The molecular weight excluding hydrogens is 430 g/mol. The molecule has 0 spiro atoms. The van der Waals surface area contributed by atoms with Gasteiger partial charge in [-0.1, -0.05) is 36.4 Å². The van der Waals surface area contributed by atoms with Crippen LogP contribution in [0.2, 0.25) is 0 Å². The summed E-state index contributed by atoms with van der Waals surface area (Å²) in [5, 5.41) is 0. The predicted molar refractivity (Wildman–Crippen MR) is 126 cm³/mol. The van der Waals surface area contributed by atoms with Crippen molar-refractivity contribution in [2.75, 3.05) is 17.1 Å². The second kappa shape index (κ2) is 10.0. The van der Waals surface area contributed by atoms with E-state index in [2.05, 4.69) is 0 Å². The zero-order valence-corrected chi connectivity index (χ0v) is 19.4. The van der Waals surface area contributed by atoms with Gasteiger partial charge in [0, 0.05) is 12.8 Å². The Balaban J connectivity index is 1.59. The molecule has 0 saturated heterocycles. The number of rotatable bonds is 8. The molecule has 5 nitrogen and oxygen atoms in total. The molecule has 0 fully saturated rings. The van der Waals surface area contributed by atoms with Gasteiger partial charge in [0.1, 0.15) is 5.75 Å². The summed E-state index contributed by atoms with van der Waals surface area (Å²) in [6.45, 7) is 3.82. The molecule has 0 amide bonds. The van der Waals surface area contributed by atoms with Crippen LogP contribution in [-0.2, 0) is 20.6 Å². The number of ether oxygens (including phenoxy) is 1. The predicted octanol–water partition coefficient (Wildman–Crippen LogP) is 4.97. The monoisotopic (exact) mass is 455 g/mol. The fourth-order valence-corrected chi connectivity index (χ4v) is 4.92. The van der Waals surface area contributed by atoms with Crippen molar-refractivity contribution in [1.29, 1.82) is 0 Å². The molecular formula is C24H25NO4S2. The molecule has 3 rings (SSSR count). The molecule has 0 aliphatic carbocycles. The molecule has 31 heavy (non-hydrogen) atoms. The number of thioether (sulfide) groups is 1. The Morgan fingerprint density at radius 1 is 0.935 bits per heavy atom. The van der Waals surface area contributed by atoms with Gasteiger partial charge in [-0.3, -0.25) is 9.10 Å². The van der Waals surface area contributed by atoms with Crippen LogP contribution in [0, 0.1) is 13.8 Å². The lowest BCUT2D eigenvalue weighted by atomic mass is 10.1. The van der Waals surface area contributed by atoms with Crippen molar-refractivity contribution in [2.45, 2.75) is 24.5 Å². The number of nitrogens with zero attached hydrogens (tertiary/aromatic N) is 1. The summed E-state index contributed by atoms with van der Waals surface area (Å²) in [7, 11) is -2.18. The van der Waals surface area contributed by atoms with Crippen LogP contribution in [0.5, 0.6) is 5.75 Å². The fourth-order valence-electron chi connectivity index (χ4n) is 2.88. The third kappa shape index (κ3) is 5.89. The van der Waals surface area contributed by atoms with Crippen molar-refractivity contribution >= 4 is 33.4 Å². The van der Waals surface area contributed by atoms with Gasteiger partial charge in [0.2, 0.25) is 0 Å². The average Bonchev–Trinajstić information content (AvgIpc) is 2.76. The van der Waals surface area contributed by atoms with Crippen LogP contribution < -0.4 is 9.04 Å². The first-order chi connectivity index (χ1) is 14.8. The molecule has 0 heterocycles. The molecule has 0 N–H and O–H groups in total. The molecule has 0 aromatic heterocycles. The first-order valence-corrected chi connectivity index (χ1v) is 12.4. The number of hydrogen-bond acceptors (Lipinski definition) is 5. The lowest BCUT2D eigenvalue weighted by molar-refractivity contribution is -0.131. The number of hydrogen-bond donors (Lipinski definition) is 0. The maximum absolute atomic E-state index is 12.9. The Labute approximate surface area is 188 Å². The summed E-state index contributed by atoms with van der Waals surface area (Å²) in [5.41, 5.74) is 3.59. The van der Waals surface area contributed by atoms with Gasteiger partial charge in [0.15, 0.2) is 0 Å². The van der Waals surface area contributed by atoms with Gasteiger partial charge in [0.05, 0.1) is 16.3 Å². The highest BCUT2D eigenvalue weighted by Crippen LogP contribution is 2.25.